The predicted octanol–water partition coefficient (Wildman–Crippen LogP) is 3.03. The minimum Gasteiger partial charge on any atom is -0.476 e. The summed E-state index contributed by atoms with van der Waals surface area (Å²) in [6.45, 7) is 1.86. The van der Waals surface area contributed by atoms with Crippen molar-refractivity contribution in [2.45, 2.75) is 30.9 Å². The number of imide groups is 1. The van der Waals surface area contributed by atoms with Gasteiger partial charge in [-0.2, -0.15) is 0 Å². The Morgan fingerprint density at radius 2 is 2.17 bits per heavy atom. The fourth-order valence-corrected chi connectivity index (χ4v) is 3.34. The van der Waals surface area contributed by atoms with Crippen LogP contribution in [-0.4, -0.2) is 40.9 Å². The fraction of sp³-hybridized carbons (Fsp3) is 0.375. The molecule has 2 aliphatic rings. The Morgan fingerprint density at radius 3 is 2.79 bits per heavy atom. The Balaban J connectivity index is 1.98. The summed E-state index contributed by atoms with van der Waals surface area (Å²) in [5.41, 5.74) is -0.214. The zero-order chi connectivity index (χ0) is 17.6. The number of ether oxygens (including phenoxy) is 1. The number of carbonyl (C=O) groups is 2. The highest BCUT2D eigenvalue weighted by atomic mass is 35.5. The third-order valence-electron chi connectivity index (χ3n) is 3.97. The van der Waals surface area contributed by atoms with E-state index in [2.05, 4.69) is 5.92 Å². The minimum atomic E-state index is -0.800. The van der Waals surface area contributed by atoms with Gasteiger partial charge in [0.05, 0.1) is 16.1 Å². The zero-order valence-electron chi connectivity index (χ0n) is 12.6. The Bertz CT molecular complexity index is 740. The summed E-state index contributed by atoms with van der Waals surface area (Å²) >= 11 is 11.9. The molecule has 5 nitrogen and oxygen atoms in total. The summed E-state index contributed by atoms with van der Waals surface area (Å²) in [5.74, 6) is 1.14. The number of urea groups is 1. The molecular weight excluding hydrogens is 358 g/mol. The van der Waals surface area contributed by atoms with E-state index in [1.54, 1.807) is 6.92 Å². The van der Waals surface area contributed by atoms with E-state index in [-0.39, 0.29) is 28.4 Å². The van der Waals surface area contributed by atoms with Gasteiger partial charge in [-0.15, -0.1) is 18.0 Å². The highest BCUT2D eigenvalue weighted by molar-refractivity contribution is 6.32. The van der Waals surface area contributed by atoms with Crippen LogP contribution in [0.2, 0.25) is 5.02 Å². The second-order valence-corrected chi connectivity index (χ2v) is 6.64. The van der Waals surface area contributed by atoms with E-state index in [1.807, 2.05) is 0 Å². The lowest BCUT2D eigenvalue weighted by Gasteiger charge is -2.19. The lowest BCUT2D eigenvalue weighted by atomic mass is 10.2. The van der Waals surface area contributed by atoms with Crippen LogP contribution in [0, 0.1) is 18.2 Å². The van der Waals surface area contributed by atoms with E-state index in [4.69, 9.17) is 34.4 Å². The normalized spacial score (nSPS) is 24.1. The highest BCUT2D eigenvalue weighted by Gasteiger charge is 2.51. The minimum absolute atomic E-state index is 0.00114. The van der Waals surface area contributed by atoms with Gasteiger partial charge in [0.1, 0.15) is 17.6 Å². The molecule has 1 aromatic carbocycles. The van der Waals surface area contributed by atoms with Gasteiger partial charge >= 0.3 is 6.03 Å². The number of hydrogen-bond donors (Lipinski definition) is 0. The molecule has 3 atom stereocenters. The van der Waals surface area contributed by atoms with E-state index in [9.17, 15) is 14.0 Å². The van der Waals surface area contributed by atoms with Crippen LogP contribution in [0.4, 0.5) is 14.9 Å². The summed E-state index contributed by atoms with van der Waals surface area (Å²) in [7, 11) is 0. The van der Waals surface area contributed by atoms with Crippen molar-refractivity contribution >= 4 is 40.8 Å². The summed E-state index contributed by atoms with van der Waals surface area (Å²) in [6, 6.07) is 0.931. The van der Waals surface area contributed by atoms with Gasteiger partial charge in [-0.05, 0) is 19.4 Å². The molecule has 0 spiro atoms. The van der Waals surface area contributed by atoms with Gasteiger partial charge in [0.2, 0.25) is 0 Å². The van der Waals surface area contributed by atoms with E-state index in [0.29, 0.717) is 6.42 Å². The maximum Gasteiger partial charge on any atom is 0.332 e. The van der Waals surface area contributed by atoms with Crippen LogP contribution in [0.15, 0.2) is 12.1 Å². The fourth-order valence-electron chi connectivity index (χ4n) is 2.83. The lowest BCUT2D eigenvalue weighted by Crippen LogP contribution is -2.35. The second kappa shape index (κ2) is 6.15. The molecule has 0 radical (unpaired) electrons. The first-order valence-corrected chi connectivity index (χ1v) is 8.05. The van der Waals surface area contributed by atoms with Crippen molar-refractivity contribution in [1.82, 2.24) is 4.90 Å². The number of amides is 3. The molecule has 2 fully saturated rings. The van der Waals surface area contributed by atoms with Crippen molar-refractivity contribution < 1.29 is 18.7 Å². The molecular formula is C16H13Cl2FN2O3. The van der Waals surface area contributed by atoms with Crippen LogP contribution in [-0.2, 0) is 4.79 Å². The van der Waals surface area contributed by atoms with Gasteiger partial charge in [0.25, 0.3) is 5.91 Å². The molecule has 0 aromatic heterocycles. The standard InChI is InChI=1S/C16H13Cl2FN2O3/c1-3-8(2)24-14-6-12(11(19)5-10(14)18)21-15(22)13-4-9(17)7-20(13)16(21)23/h1,5-6,8-9,13H,4,7H2,2H3/t8?,9-,13-/m0/s1. The Hall–Kier alpha value is -1.97. The van der Waals surface area contributed by atoms with E-state index in [0.717, 1.165) is 11.0 Å². The number of terminal acetylenes is 1. The molecule has 3 rings (SSSR count). The predicted molar refractivity (Wildman–Crippen MR) is 88.0 cm³/mol. The Kier molecular flexibility index (Phi) is 4.33. The van der Waals surface area contributed by atoms with Crippen molar-refractivity contribution in [3.63, 3.8) is 0 Å². The first kappa shape index (κ1) is 16.9. The summed E-state index contributed by atoms with van der Waals surface area (Å²) in [4.78, 5) is 27.1. The quantitative estimate of drug-likeness (QED) is 0.466. The first-order chi connectivity index (χ1) is 11.3. The van der Waals surface area contributed by atoms with Gasteiger partial charge in [0.15, 0.2) is 6.10 Å². The Labute approximate surface area is 148 Å². The molecule has 0 saturated carbocycles. The van der Waals surface area contributed by atoms with Gasteiger partial charge in [0, 0.05) is 12.6 Å². The number of alkyl halides is 1. The molecule has 2 heterocycles. The highest BCUT2D eigenvalue weighted by Crippen LogP contribution is 2.38. The number of halogens is 3. The SMILES string of the molecule is C#CC(C)Oc1cc(N2C(=O)[C@@H]3C[C@H](Cl)CN3C2=O)c(F)cc1Cl. The van der Waals surface area contributed by atoms with E-state index < -0.39 is 29.9 Å². The molecule has 8 heteroatoms. The van der Waals surface area contributed by atoms with Gasteiger partial charge in [-0.25, -0.2) is 14.1 Å². The molecule has 1 aromatic rings. The van der Waals surface area contributed by atoms with Crippen molar-refractivity contribution in [3.8, 4) is 18.1 Å². The van der Waals surface area contributed by atoms with E-state index in [1.165, 1.54) is 11.0 Å². The molecule has 126 valence electrons. The van der Waals surface area contributed by atoms with Crippen molar-refractivity contribution in [2.75, 3.05) is 11.4 Å². The maximum absolute atomic E-state index is 14.3. The summed E-state index contributed by atoms with van der Waals surface area (Å²) < 4.78 is 19.7. The number of benzene rings is 1. The molecule has 2 aliphatic heterocycles. The van der Waals surface area contributed by atoms with Crippen molar-refractivity contribution in [3.05, 3.63) is 23.0 Å². The van der Waals surface area contributed by atoms with Crippen molar-refractivity contribution in [1.29, 1.82) is 0 Å². The van der Waals surface area contributed by atoms with Crippen molar-refractivity contribution in [2.24, 2.45) is 0 Å². The number of fused-ring (bicyclic) bond motifs is 1. The first-order valence-electron chi connectivity index (χ1n) is 7.24. The van der Waals surface area contributed by atoms with Gasteiger partial charge in [-0.1, -0.05) is 17.5 Å². The van der Waals surface area contributed by atoms with E-state index >= 15 is 0 Å². The third kappa shape index (κ3) is 2.68. The van der Waals surface area contributed by atoms with Gasteiger partial charge in [-0.3, -0.25) is 4.79 Å². The topological polar surface area (TPSA) is 49.9 Å². The maximum atomic E-state index is 14.3. The molecule has 0 bridgehead atoms. The average molecular weight is 371 g/mol. The smallest absolute Gasteiger partial charge is 0.332 e. The second-order valence-electron chi connectivity index (χ2n) is 5.62. The molecule has 1 unspecified atom stereocenters. The number of rotatable bonds is 3. The van der Waals surface area contributed by atoms with Crippen LogP contribution >= 0.6 is 23.2 Å². The molecule has 0 N–H and O–H groups in total. The van der Waals surface area contributed by atoms with Crippen LogP contribution in [0.5, 0.6) is 5.75 Å². The van der Waals surface area contributed by atoms with Crippen LogP contribution in [0.1, 0.15) is 13.3 Å². The zero-order valence-corrected chi connectivity index (χ0v) is 14.1. The molecule has 24 heavy (non-hydrogen) atoms. The largest absolute Gasteiger partial charge is 0.476 e. The molecule has 2 saturated heterocycles. The number of hydrogen-bond acceptors (Lipinski definition) is 3. The van der Waals surface area contributed by atoms with Crippen LogP contribution < -0.4 is 9.64 Å². The third-order valence-corrected chi connectivity index (χ3v) is 4.58. The van der Waals surface area contributed by atoms with Crippen LogP contribution in [0.3, 0.4) is 0 Å². The summed E-state index contributed by atoms with van der Waals surface area (Å²) in [6.07, 6.45) is 4.99. The molecule has 3 amide bonds. The number of anilines is 1. The summed E-state index contributed by atoms with van der Waals surface area (Å²) in [5, 5.41) is -0.283. The lowest BCUT2D eigenvalue weighted by molar-refractivity contribution is -0.119. The number of nitrogens with zero attached hydrogens (tertiary/aromatic N) is 2. The Morgan fingerprint density at radius 1 is 1.46 bits per heavy atom. The monoisotopic (exact) mass is 370 g/mol. The van der Waals surface area contributed by atoms with Gasteiger partial charge < -0.3 is 9.64 Å². The average Bonchev–Trinajstić information content (AvgIpc) is 3.01. The number of carbonyl (C=O) groups excluding carboxylic acids is 2. The molecule has 0 aliphatic carbocycles. The van der Waals surface area contributed by atoms with Crippen LogP contribution in [0.25, 0.3) is 0 Å².